The standard InChI is InChI=1S/C17H16FNO2/c1-11-7-8-15-12(10-11)4-3-9-19(15)16-13(17(20)21)5-2-6-14(16)18/h2,5-8,10H,3-4,9H2,1H3,(H,20,21). The van der Waals surface area contributed by atoms with Gasteiger partial charge >= 0.3 is 5.97 Å². The molecule has 21 heavy (non-hydrogen) atoms. The fourth-order valence-corrected chi connectivity index (χ4v) is 2.92. The number of halogens is 1. The highest BCUT2D eigenvalue weighted by Crippen LogP contribution is 2.37. The van der Waals surface area contributed by atoms with Crippen molar-refractivity contribution in [3.8, 4) is 0 Å². The minimum absolute atomic E-state index is 0.00317. The second-order valence-corrected chi connectivity index (χ2v) is 5.33. The van der Waals surface area contributed by atoms with Gasteiger partial charge in [0, 0.05) is 12.2 Å². The van der Waals surface area contributed by atoms with E-state index in [-0.39, 0.29) is 11.3 Å². The molecule has 3 nitrogen and oxygen atoms in total. The summed E-state index contributed by atoms with van der Waals surface area (Å²) in [6.45, 7) is 2.64. The second-order valence-electron chi connectivity index (χ2n) is 5.33. The van der Waals surface area contributed by atoms with Gasteiger partial charge in [-0.2, -0.15) is 0 Å². The molecule has 1 N–H and O–H groups in total. The lowest BCUT2D eigenvalue weighted by atomic mass is 9.98. The number of aromatic carboxylic acids is 1. The molecule has 2 aromatic rings. The molecule has 4 heteroatoms. The van der Waals surface area contributed by atoms with Gasteiger partial charge in [-0.25, -0.2) is 9.18 Å². The zero-order valence-corrected chi connectivity index (χ0v) is 11.8. The highest BCUT2D eigenvalue weighted by atomic mass is 19.1. The number of fused-ring (bicyclic) bond motifs is 1. The van der Waals surface area contributed by atoms with Crippen molar-refractivity contribution in [2.45, 2.75) is 19.8 Å². The summed E-state index contributed by atoms with van der Waals surface area (Å²) >= 11 is 0. The first-order chi connectivity index (χ1) is 10.1. The molecule has 0 atom stereocenters. The van der Waals surface area contributed by atoms with Gasteiger partial charge in [0.15, 0.2) is 0 Å². The predicted molar refractivity (Wildman–Crippen MR) is 79.9 cm³/mol. The SMILES string of the molecule is Cc1ccc2c(c1)CCCN2c1c(F)cccc1C(=O)O. The molecule has 0 amide bonds. The summed E-state index contributed by atoms with van der Waals surface area (Å²) in [6, 6.07) is 10.2. The average molecular weight is 285 g/mol. The van der Waals surface area contributed by atoms with Gasteiger partial charge in [-0.3, -0.25) is 0 Å². The van der Waals surface area contributed by atoms with Crippen molar-refractivity contribution in [1.29, 1.82) is 0 Å². The highest BCUT2D eigenvalue weighted by Gasteiger charge is 2.25. The first kappa shape index (κ1) is 13.6. The molecule has 2 aromatic carbocycles. The number of anilines is 2. The van der Waals surface area contributed by atoms with Crippen LogP contribution in [-0.4, -0.2) is 17.6 Å². The number of rotatable bonds is 2. The van der Waals surface area contributed by atoms with Crippen molar-refractivity contribution >= 4 is 17.3 Å². The van der Waals surface area contributed by atoms with E-state index in [1.807, 2.05) is 19.1 Å². The summed E-state index contributed by atoms with van der Waals surface area (Å²) in [7, 11) is 0. The molecule has 1 heterocycles. The molecule has 0 spiro atoms. The van der Waals surface area contributed by atoms with E-state index >= 15 is 0 Å². The Morgan fingerprint density at radius 1 is 1.29 bits per heavy atom. The smallest absolute Gasteiger partial charge is 0.337 e. The first-order valence-corrected chi connectivity index (χ1v) is 6.97. The molecular formula is C17H16FNO2. The second kappa shape index (κ2) is 5.20. The Hall–Kier alpha value is -2.36. The van der Waals surface area contributed by atoms with Crippen molar-refractivity contribution in [2.24, 2.45) is 0 Å². The van der Waals surface area contributed by atoms with Crippen LogP contribution in [0.15, 0.2) is 36.4 Å². The van der Waals surface area contributed by atoms with Gasteiger partial charge in [-0.1, -0.05) is 23.8 Å². The van der Waals surface area contributed by atoms with Gasteiger partial charge in [-0.15, -0.1) is 0 Å². The number of hydrogen-bond acceptors (Lipinski definition) is 2. The molecular weight excluding hydrogens is 269 g/mol. The van der Waals surface area contributed by atoms with E-state index in [1.165, 1.54) is 18.2 Å². The summed E-state index contributed by atoms with van der Waals surface area (Å²) in [5, 5.41) is 9.32. The van der Waals surface area contributed by atoms with E-state index in [1.54, 1.807) is 4.90 Å². The van der Waals surface area contributed by atoms with Crippen LogP contribution < -0.4 is 4.90 Å². The molecule has 0 bridgehead atoms. The lowest BCUT2D eigenvalue weighted by Crippen LogP contribution is -2.27. The fraction of sp³-hybridized carbons (Fsp3) is 0.235. The van der Waals surface area contributed by atoms with Crippen molar-refractivity contribution in [1.82, 2.24) is 0 Å². The topological polar surface area (TPSA) is 40.5 Å². The van der Waals surface area contributed by atoms with Gasteiger partial charge < -0.3 is 10.0 Å². The first-order valence-electron chi connectivity index (χ1n) is 6.97. The summed E-state index contributed by atoms with van der Waals surface area (Å²) in [4.78, 5) is 13.2. The largest absolute Gasteiger partial charge is 0.478 e. The third-order valence-electron chi connectivity index (χ3n) is 3.84. The molecule has 0 unspecified atom stereocenters. The molecule has 0 aromatic heterocycles. The number of carbonyl (C=O) groups is 1. The Bertz CT molecular complexity index is 712. The zero-order chi connectivity index (χ0) is 15.0. The molecule has 1 aliphatic rings. The predicted octanol–water partition coefficient (Wildman–Crippen LogP) is 3.92. The van der Waals surface area contributed by atoms with Crippen molar-refractivity contribution < 1.29 is 14.3 Å². The van der Waals surface area contributed by atoms with Gasteiger partial charge in [-0.05, 0) is 43.5 Å². The summed E-state index contributed by atoms with van der Waals surface area (Å²) in [5.41, 5.74) is 3.36. The minimum atomic E-state index is -1.11. The molecule has 0 saturated heterocycles. The Labute approximate surface area is 122 Å². The minimum Gasteiger partial charge on any atom is -0.478 e. The number of carboxylic acid groups (broad SMARTS) is 1. The van der Waals surface area contributed by atoms with E-state index in [4.69, 9.17) is 0 Å². The van der Waals surface area contributed by atoms with Crippen LogP contribution in [0, 0.1) is 12.7 Å². The Morgan fingerprint density at radius 3 is 2.86 bits per heavy atom. The van der Waals surface area contributed by atoms with Crippen molar-refractivity contribution in [3.05, 3.63) is 58.9 Å². The maximum atomic E-state index is 14.3. The monoisotopic (exact) mass is 285 g/mol. The summed E-state index contributed by atoms with van der Waals surface area (Å²) < 4.78 is 14.3. The van der Waals surface area contributed by atoms with Crippen LogP contribution in [0.3, 0.4) is 0 Å². The van der Waals surface area contributed by atoms with Gasteiger partial charge in [0.2, 0.25) is 0 Å². The number of aryl methyl sites for hydroxylation is 2. The summed E-state index contributed by atoms with van der Waals surface area (Å²) in [5.74, 6) is -1.60. The van der Waals surface area contributed by atoms with Crippen LogP contribution in [0.5, 0.6) is 0 Å². The molecule has 0 fully saturated rings. The highest BCUT2D eigenvalue weighted by molar-refractivity contribution is 5.96. The van der Waals surface area contributed by atoms with Crippen LogP contribution in [0.4, 0.5) is 15.8 Å². The third-order valence-corrected chi connectivity index (χ3v) is 3.84. The van der Waals surface area contributed by atoms with E-state index < -0.39 is 11.8 Å². The molecule has 0 aliphatic carbocycles. The van der Waals surface area contributed by atoms with Crippen LogP contribution in [-0.2, 0) is 6.42 Å². The van der Waals surface area contributed by atoms with Crippen molar-refractivity contribution in [3.63, 3.8) is 0 Å². The van der Waals surface area contributed by atoms with Crippen LogP contribution in [0.25, 0.3) is 0 Å². The van der Waals surface area contributed by atoms with E-state index in [2.05, 4.69) is 6.07 Å². The lowest BCUT2D eigenvalue weighted by Gasteiger charge is -2.32. The normalized spacial score (nSPS) is 13.9. The Balaban J connectivity index is 2.18. The van der Waals surface area contributed by atoms with E-state index in [9.17, 15) is 14.3 Å². The maximum absolute atomic E-state index is 14.3. The Morgan fingerprint density at radius 2 is 2.10 bits per heavy atom. The lowest BCUT2D eigenvalue weighted by molar-refractivity contribution is 0.0697. The number of nitrogens with zero attached hydrogens (tertiary/aromatic N) is 1. The summed E-state index contributed by atoms with van der Waals surface area (Å²) in [6.07, 6.45) is 1.81. The Kier molecular flexibility index (Phi) is 3.37. The quantitative estimate of drug-likeness (QED) is 0.909. The number of carboxylic acids is 1. The van der Waals surface area contributed by atoms with Gasteiger partial charge in [0.25, 0.3) is 0 Å². The zero-order valence-electron chi connectivity index (χ0n) is 11.8. The van der Waals surface area contributed by atoms with E-state index in [0.717, 1.165) is 29.7 Å². The third kappa shape index (κ3) is 2.37. The van der Waals surface area contributed by atoms with Crippen LogP contribution in [0.1, 0.15) is 27.9 Å². The number of benzene rings is 2. The van der Waals surface area contributed by atoms with Gasteiger partial charge in [0.1, 0.15) is 5.82 Å². The molecule has 3 rings (SSSR count). The van der Waals surface area contributed by atoms with Crippen LogP contribution >= 0.6 is 0 Å². The number of para-hydroxylation sites is 1. The molecule has 108 valence electrons. The van der Waals surface area contributed by atoms with Gasteiger partial charge in [0.05, 0.1) is 11.3 Å². The molecule has 1 aliphatic heterocycles. The average Bonchev–Trinajstić information content (AvgIpc) is 2.46. The molecule has 0 saturated carbocycles. The number of hydrogen-bond donors (Lipinski definition) is 1. The molecule has 0 radical (unpaired) electrons. The maximum Gasteiger partial charge on any atom is 0.337 e. The van der Waals surface area contributed by atoms with Crippen LogP contribution in [0.2, 0.25) is 0 Å². The fourth-order valence-electron chi connectivity index (χ4n) is 2.92. The van der Waals surface area contributed by atoms with E-state index in [0.29, 0.717) is 6.54 Å². The van der Waals surface area contributed by atoms with Crippen molar-refractivity contribution in [2.75, 3.05) is 11.4 Å².